The van der Waals surface area contributed by atoms with Crippen LogP contribution in [-0.2, 0) is 23.8 Å². The molecule has 24 heavy (non-hydrogen) atoms. The molecule has 0 unspecified atom stereocenters. The number of alkyl halides is 3. The third-order valence-electron chi connectivity index (χ3n) is 3.04. The molecule has 2 atom stereocenters. The summed E-state index contributed by atoms with van der Waals surface area (Å²) in [5.74, 6) is -2.48. The summed E-state index contributed by atoms with van der Waals surface area (Å²) in [5, 5.41) is 0. The first kappa shape index (κ1) is 20.0. The van der Waals surface area contributed by atoms with Gasteiger partial charge in [-0.2, -0.15) is 0 Å². The van der Waals surface area contributed by atoms with Crippen LogP contribution in [0.2, 0.25) is 0 Å². The van der Waals surface area contributed by atoms with Gasteiger partial charge >= 0.3 is 24.4 Å². The van der Waals surface area contributed by atoms with Gasteiger partial charge in [-0.15, -0.1) is 13.2 Å². The summed E-state index contributed by atoms with van der Waals surface area (Å²) in [5.41, 5.74) is -0.961. The van der Waals surface area contributed by atoms with Crippen LogP contribution < -0.4 is 0 Å². The lowest BCUT2D eigenvalue weighted by molar-refractivity contribution is -0.307. The SMILES string of the molecule is CCOC(=O)[C@@H]1CC[C@H](C(=O)OC(F)(F)F)N1C(=O)OC(C)(C)C. The Morgan fingerprint density at radius 3 is 1.92 bits per heavy atom. The molecule has 0 radical (unpaired) electrons. The number of halogens is 3. The minimum absolute atomic E-state index is 0.0230. The molecular weight excluding hydrogens is 335 g/mol. The van der Waals surface area contributed by atoms with Gasteiger partial charge < -0.3 is 14.2 Å². The van der Waals surface area contributed by atoms with Crippen molar-refractivity contribution in [3.63, 3.8) is 0 Å². The van der Waals surface area contributed by atoms with E-state index in [0.29, 0.717) is 4.90 Å². The van der Waals surface area contributed by atoms with Gasteiger partial charge in [0.05, 0.1) is 6.61 Å². The van der Waals surface area contributed by atoms with Crippen LogP contribution in [0.4, 0.5) is 18.0 Å². The van der Waals surface area contributed by atoms with Crippen LogP contribution in [0.1, 0.15) is 40.5 Å². The van der Waals surface area contributed by atoms with Crippen molar-refractivity contribution in [3.05, 3.63) is 0 Å². The molecule has 1 amide bonds. The van der Waals surface area contributed by atoms with Crippen molar-refractivity contribution >= 4 is 18.0 Å². The molecule has 0 spiro atoms. The summed E-state index contributed by atoms with van der Waals surface area (Å²) >= 11 is 0. The van der Waals surface area contributed by atoms with E-state index in [1.807, 2.05) is 0 Å². The molecule has 0 N–H and O–H groups in total. The molecule has 0 bridgehead atoms. The molecule has 1 fully saturated rings. The topological polar surface area (TPSA) is 82.1 Å². The Labute approximate surface area is 137 Å². The van der Waals surface area contributed by atoms with Gasteiger partial charge in [0.1, 0.15) is 17.7 Å². The highest BCUT2D eigenvalue weighted by atomic mass is 19.4. The maximum Gasteiger partial charge on any atom is 0.575 e. The Hall–Kier alpha value is -2.00. The Bertz CT molecular complexity index is 500. The molecule has 0 saturated carbocycles. The lowest BCUT2D eigenvalue weighted by atomic mass is 10.2. The first-order valence-corrected chi connectivity index (χ1v) is 7.33. The van der Waals surface area contributed by atoms with Crippen molar-refractivity contribution in [3.8, 4) is 0 Å². The van der Waals surface area contributed by atoms with Crippen molar-refractivity contribution in [2.45, 2.75) is 64.6 Å². The number of amides is 1. The predicted molar refractivity (Wildman–Crippen MR) is 73.7 cm³/mol. The Morgan fingerprint density at radius 1 is 1.00 bits per heavy atom. The van der Waals surface area contributed by atoms with Crippen LogP contribution in [0, 0.1) is 0 Å². The van der Waals surface area contributed by atoms with E-state index in [0.717, 1.165) is 0 Å². The van der Waals surface area contributed by atoms with Crippen molar-refractivity contribution in [1.82, 2.24) is 4.90 Å². The number of esters is 2. The smallest absolute Gasteiger partial charge is 0.464 e. The van der Waals surface area contributed by atoms with Crippen molar-refractivity contribution < 1.29 is 41.8 Å². The summed E-state index contributed by atoms with van der Waals surface area (Å²) < 4.78 is 50.1. The molecule has 1 aliphatic heterocycles. The summed E-state index contributed by atoms with van der Waals surface area (Å²) in [6, 6.07) is -2.78. The molecule has 1 rings (SSSR count). The van der Waals surface area contributed by atoms with E-state index in [1.165, 1.54) is 0 Å². The van der Waals surface area contributed by atoms with E-state index in [1.54, 1.807) is 27.7 Å². The molecule has 1 heterocycles. The van der Waals surface area contributed by atoms with Gasteiger partial charge in [0.2, 0.25) is 0 Å². The van der Waals surface area contributed by atoms with Crippen LogP contribution in [0.3, 0.4) is 0 Å². The minimum Gasteiger partial charge on any atom is -0.464 e. The molecule has 0 aromatic heterocycles. The monoisotopic (exact) mass is 355 g/mol. The van der Waals surface area contributed by atoms with Gasteiger partial charge in [-0.3, -0.25) is 4.90 Å². The van der Waals surface area contributed by atoms with Crippen LogP contribution in [0.15, 0.2) is 0 Å². The van der Waals surface area contributed by atoms with Gasteiger partial charge in [0, 0.05) is 0 Å². The summed E-state index contributed by atoms with van der Waals surface area (Å²) in [7, 11) is 0. The molecule has 10 heteroatoms. The Kier molecular flexibility index (Phi) is 6.07. The van der Waals surface area contributed by atoms with Crippen molar-refractivity contribution in [1.29, 1.82) is 0 Å². The quantitative estimate of drug-likeness (QED) is 0.571. The van der Waals surface area contributed by atoms with Gasteiger partial charge in [-0.25, -0.2) is 14.4 Å². The number of carbonyl (C=O) groups excluding carboxylic acids is 3. The van der Waals surface area contributed by atoms with Crippen molar-refractivity contribution in [2.75, 3.05) is 6.61 Å². The average molecular weight is 355 g/mol. The van der Waals surface area contributed by atoms with Crippen LogP contribution in [0.25, 0.3) is 0 Å². The number of nitrogens with zero attached hydrogens (tertiary/aromatic N) is 1. The molecule has 1 saturated heterocycles. The fourth-order valence-corrected chi connectivity index (χ4v) is 2.26. The summed E-state index contributed by atoms with van der Waals surface area (Å²) in [4.78, 5) is 36.6. The largest absolute Gasteiger partial charge is 0.575 e. The average Bonchev–Trinajstić information content (AvgIpc) is 2.79. The van der Waals surface area contributed by atoms with Crippen LogP contribution in [0.5, 0.6) is 0 Å². The Balaban J connectivity index is 3.03. The number of carbonyl (C=O) groups is 3. The zero-order valence-electron chi connectivity index (χ0n) is 13.8. The molecule has 0 aliphatic carbocycles. The zero-order chi connectivity index (χ0) is 18.7. The molecule has 0 aromatic carbocycles. The van der Waals surface area contributed by atoms with E-state index in [2.05, 4.69) is 4.74 Å². The van der Waals surface area contributed by atoms with E-state index < -0.39 is 42.1 Å². The fraction of sp³-hybridized carbons (Fsp3) is 0.786. The van der Waals surface area contributed by atoms with E-state index in [9.17, 15) is 27.6 Å². The first-order chi connectivity index (χ1) is 10.9. The Morgan fingerprint density at radius 2 is 1.50 bits per heavy atom. The van der Waals surface area contributed by atoms with E-state index >= 15 is 0 Å². The van der Waals surface area contributed by atoms with Crippen LogP contribution in [-0.4, -0.2) is 53.6 Å². The number of likely N-dealkylation sites (tertiary alicyclic amines) is 1. The van der Waals surface area contributed by atoms with Gasteiger partial charge in [0.15, 0.2) is 0 Å². The highest BCUT2D eigenvalue weighted by Gasteiger charge is 2.49. The molecule has 7 nitrogen and oxygen atoms in total. The summed E-state index contributed by atoms with van der Waals surface area (Å²) in [6.07, 6.45) is -6.46. The van der Waals surface area contributed by atoms with Gasteiger partial charge in [-0.05, 0) is 40.5 Å². The van der Waals surface area contributed by atoms with E-state index in [-0.39, 0.29) is 19.4 Å². The highest BCUT2D eigenvalue weighted by molar-refractivity contribution is 5.88. The minimum atomic E-state index is -5.18. The number of hydrogen-bond acceptors (Lipinski definition) is 6. The maximum atomic E-state index is 12.3. The highest BCUT2D eigenvalue weighted by Crippen LogP contribution is 2.30. The fourth-order valence-electron chi connectivity index (χ4n) is 2.26. The van der Waals surface area contributed by atoms with Gasteiger partial charge in [-0.1, -0.05) is 0 Å². The third kappa shape index (κ3) is 5.57. The lowest BCUT2D eigenvalue weighted by Crippen LogP contribution is -2.51. The number of ether oxygens (including phenoxy) is 3. The molecular formula is C14H20F3NO6. The van der Waals surface area contributed by atoms with E-state index in [4.69, 9.17) is 9.47 Å². The lowest BCUT2D eigenvalue weighted by Gasteiger charge is -2.30. The summed E-state index contributed by atoms with van der Waals surface area (Å²) in [6.45, 7) is 6.20. The van der Waals surface area contributed by atoms with Crippen LogP contribution >= 0.6 is 0 Å². The molecule has 138 valence electrons. The van der Waals surface area contributed by atoms with Gasteiger partial charge in [0.25, 0.3) is 0 Å². The third-order valence-corrected chi connectivity index (χ3v) is 3.04. The van der Waals surface area contributed by atoms with Crippen molar-refractivity contribution in [2.24, 2.45) is 0 Å². The second-order valence-corrected chi connectivity index (χ2v) is 6.12. The second kappa shape index (κ2) is 7.27. The second-order valence-electron chi connectivity index (χ2n) is 6.12. The molecule has 1 aliphatic rings. The maximum absolute atomic E-state index is 12.3. The zero-order valence-corrected chi connectivity index (χ0v) is 13.8. The standard InChI is InChI=1S/C14H20F3NO6/c1-5-22-10(19)8-6-7-9(11(20)23-14(15,16)17)18(8)12(21)24-13(2,3)4/h8-9H,5-7H2,1-4H3/t8-,9+/m0/s1. The number of hydrogen-bond donors (Lipinski definition) is 0. The normalized spacial score (nSPS) is 21.4. The predicted octanol–water partition coefficient (Wildman–Crippen LogP) is 2.38. The number of rotatable bonds is 3. The first-order valence-electron chi connectivity index (χ1n) is 7.33. The molecule has 0 aromatic rings.